The Bertz CT molecular complexity index is 1520. The van der Waals surface area contributed by atoms with Gasteiger partial charge in [0.25, 0.3) is 0 Å². The predicted molar refractivity (Wildman–Crippen MR) is 113 cm³/mol. The fraction of sp³-hybridized carbons (Fsp3) is 0.0800. The summed E-state index contributed by atoms with van der Waals surface area (Å²) in [7, 11) is 0. The lowest BCUT2D eigenvalue weighted by Crippen LogP contribution is -1.91. The minimum atomic E-state index is -0.246. The van der Waals surface area contributed by atoms with Gasteiger partial charge < -0.3 is 4.42 Å². The average Bonchev–Trinajstić information content (AvgIpc) is 3.06. The molecular formula is C25H16FNO. The lowest BCUT2D eigenvalue weighted by Gasteiger charge is -2.10. The SMILES string of the molecule is Cc1cc(C)cc(-c2ncc3oc4c5ccccc5cc5c(F)cc2c3c54)c1. The van der Waals surface area contributed by atoms with Crippen molar-refractivity contribution in [2.75, 3.05) is 0 Å². The third-order valence-electron chi connectivity index (χ3n) is 5.57. The standard InChI is InChI=1S/C25H16FNO/c1-13-7-14(2)9-16(8-13)24-19-11-20(26)18-10-15-5-3-4-6-17(15)25-23(18)22(19)21(28-25)12-27-24/h3-12H,1-2H3. The van der Waals surface area contributed by atoms with Gasteiger partial charge in [0, 0.05) is 32.5 Å². The molecule has 0 saturated heterocycles. The van der Waals surface area contributed by atoms with Crippen molar-refractivity contribution in [2.24, 2.45) is 0 Å². The first-order valence-corrected chi connectivity index (χ1v) is 9.33. The fourth-order valence-electron chi connectivity index (χ4n) is 4.50. The summed E-state index contributed by atoms with van der Waals surface area (Å²) in [4.78, 5) is 4.66. The Morgan fingerprint density at radius 2 is 1.61 bits per heavy atom. The Morgan fingerprint density at radius 1 is 0.821 bits per heavy atom. The van der Waals surface area contributed by atoms with Crippen LogP contribution in [0.1, 0.15) is 11.1 Å². The van der Waals surface area contributed by atoms with Crippen LogP contribution in [-0.4, -0.2) is 4.98 Å². The van der Waals surface area contributed by atoms with Crippen molar-refractivity contribution < 1.29 is 8.81 Å². The molecule has 0 aliphatic carbocycles. The largest absolute Gasteiger partial charge is 0.454 e. The molecule has 2 aromatic heterocycles. The van der Waals surface area contributed by atoms with Crippen molar-refractivity contribution >= 4 is 43.5 Å². The third kappa shape index (κ3) is 1.99. The quantitative estimate of drug-likeness (QED) is 0.228. The van der Waals surface area contributed by atoms with E-state index in [-0.39, 0.29) is 5.82 Å². The monoisotopic (exact) mass is 365 g/mol. The maximum Gasteiger partial charge on any atom is 0.154 e. The number of halogens is 1. The van der Waals surface area contributed by atoms with Gasteiger partial charge in [0.15, 0.2) is 5.58 Å². The minimum Gasteiger partial charge on any atom is -0.454 e. The first-order valence-electron chi connectivity index (χ1n) is 9.33. The molecule has 0 saturated carbocycles. The molecule has 0 aliphatic heterocycles. The molecule has 0 fully saturated rings. The van der Waals surface area contributed by atoms with Crippen molar-refractivity contribution in [1.82, 2.24) is 4.98 Å². The van der Waals surface area contributed by atoms with Crippen molar-refractivity contribution in [3.63, 3.8) is 0 Å². The number of furan rings is 1. The van der Waals surface area contributed by atoms with Gasteiger partial charge in [-0.05, 0) is 43.5 Å². The van der Waals surface area contributed by atoms with Crippen molar-refractivity contribution in [2.45, 2.75) is 13.8 Å². The zero-order valence-electron chi connectivity index (χ0n) is 15.5. The number of benzene rings is 4. The highest BCUT2D eigenvalue weighted by atomic mass is 19.1. The highest BCUT2D eigenvalue weighted by molar-refractivity contribution is 6.28. The number of fused-ring (bicyclic) bond motifs is 2. The average molecular weight is 365 g/mol. The molecule has 4 aromatic carbocycles. The first-order chi connectivity index (χ1) is 13.6. The van der Waals surface area contributed by atoms with Gasteiger partial charge in [-0.25, -0.2) is 4.39 Å². The summed E-state index contributed by atoms with van der Waals surface area (Å²) in [6.07, 6.45) is 1.77. The van der Waals surface area contributed by atoms with E-state index in [1.807, 2.05) is 30.3 Å². The second-order valence-corrected chi connectivity index (χ2v) is 7.58. The second kappa shape index (κ2) is 5.29. The van der Waals surface area contributed by atoms with Gasteiger partial charge in [-0.1, -0.05) is 41.5 Å². The van der Waals surface area contributed by atoms with Gasteiger partial charge in [-0.15, -0.1) is 0 Å². The molecule has 3 heteroatoms. The number of aryl methyl sites for hydroxylation is 2. The topological polar surface area (TPSA) is 26.0 Å². The Balaban J connectivity index is 1.83. The Kier molecular flexibility index (Phi) is 2.95. The number of nitrogens with zero attached hydrogens (tertiary/aromatic N) is 1. The van der Waals surface area contributed by atoms with E-state index in [0.717, 1.165) is 54.9 Å². The lowest BCUT2D eigenvalue weighted by molar-refractivity contribution is 0.641. The molecular weight excluding hydrogens is 349 g/mol. The summed E-state index contributed by atoms with van der Waals surface area (Å²) in [6.45, 7) is 4.13. The zero-order valence-corrected chi connectivity index (χ0v) is 15.5. The van der Waals surface area contributed by atoms with Crippen molar-refractivity contribution in [3.05, 3.63) is 77.7 Å². The van der Waals surface area contributed by atoms with Crippen LogP contribution in [-0.2, 0) is 0 Å². The van der Waals surface area contributed by atoms with Crippen LogP contribution in [0.2, 0.25) is 0 Å². The number of hydrogen-bond donors (Lipinski definition) is 0. The predicted octanol–water partition coefficient (Wildman–Crippen LogP) is 7.15. The van der Waals surface area contributed by atoms with Crippen LogP contribution in [0.15, 0.2) is 65.2 Å². The number of aromatic nitrogens is 1. The molecule has 28 heavy (non-hydrogen) atoms. The molecule has 0 atom stereocenters. The van der Waals surface area contributed by atoms with Crippen LogP contribution in [0.25, 0.3) is 54.7 Å². The molecule has 0 unspecified atom stereocenters. The molecule has 6 aromatic rings. The van der Waals surface area contributed by atoms with Gasteiger partial charge in [0.05, 0.1) is 11.9 Å². The molecule has 0 bridgehead atoms. The highest BCUT2D eigenvalue weighted by Crippen LogP contribution is 2.43. The summed E-state index contributed by atoms with van der Waals surface area (Å²) in [6, 6.07) is 17.8. The van der Waals surface area contributed by atoms with Crippen LogP contribution < -0.4 is 0 Å². The molecule has 6 rings (SSSR count). The normalized spacial score (nSPS) is 12.1. The van der Waals surface area contributed by atoms with Gasteiger partial charge in [-0.3, -0.25) is 4.98 Å². The number of rotatable bonds is 1. The first kappa shape index (κ1) is 15.6. The fourth-order valence-corrected chi connectivity index (χ4v) is 4.50. The van der Waals surface area contributed by atoms with Crippen molar-refractivity contribution in [1.29, 1.82) is 0 Å². The maximum atomic E-state index is 15.2. The zero-order chi connectivity index (χ0) is 19.0. The van der Waals surface area contributed by atoms with Crippen LogP contribution >= 0.6 is 0 Å². The van der Waals surface area contributed by atoms with E-state index in [1.54, 1.807) is 12.3 Å². The Labute approximate surface area is 160 Å². The number of pyridine rings is 1. The number of hydrogen-bond acceptors (Lipinski definition) is 2. The molecule has 134 valence electrons. The van der Waals surface area contributed by atoms with Gasteiger partial charge in [-0.2, -0.15) is 0 Å². The van der Waals surface area contributed by atoms with E-state index in [9.17, 15) is 0 Å². The smallest absolute Gasteiger partial charge is 0.154 e. The summed E-state index contributed by atoms with van der Waals surface area (Å²) in [5.41, 5.74) is 5.53. The van der Waals surface area contributed by atoms with Gasteiger partial charge in [0.2, 0.25) is 0 Å². The minimum absolute atomic E-state index is 0.246. The van der Waals surface area contributed by atoms with E-state index in [0.29, 0.717) is 11.0 Å². The van der Waals surface area contributed by atoms with Crippen LogP contribution in [0.4, 0.5) is 4.39 Å². The summed E-state index contributed by atoms with van der Waals surface area (Å²) < 4.78 is 21.4. The van der Waals surface area contributed by atoms with E-state index >= 15 is 4.39 Å². The van der Waals surface area contributed by atoms with E-state index in [4.69, 9.17) is 4.42 Å². The van der Waals surface area contributed by atoms with Gasteiger partial charge >= 0.3 is 0 Å². The lowest BCUT2D eigenvalue weighted by atomic mass is 9.95. The van der Waals surface area contributed by atoms with E-state index in [2.05, 4.69) is 37.0 Å². The third-order valence-corrected chi connectivity index (χ3v) is 5.57. The van der Waals surface area contributed by atoms with Crippen LogP contribution in [0.5, 0.6) is 0 Å². The highest BCUT2D eigenvalue weighted by Gasteiger charge is 2.21. The van der Waals surface area contributed by atoms with Crippen LogP contribution in [0, 0.1) is 19.7 Å². The molecule has 0 radical (unpaired) electrons. The summed E-state index contributed by atoms with van der Waals surface area (Å²) in [5.74, 6) is -0.246. The van der Waals surface area contributed by atoms with Crippen molar-refractivity contribution in [3.8, 4) is 11.3 Å². The molecule has 0 aliphatic rings. The maximum absolute atomic E-state index is 15.2. The van der Waals surface area contributed by atoms with E-state index < -0.39 is 0 Å². The molecule has 2 heterocycles. The molecule has 0 N–H and O–H groups in total. The Morgan fingerprint density at radius 3 is 2.43 bits per heavy atom. The summed E-state index contributed by atoms with van der Waals surface area (Å²) >= 11 is 0. The van der Waals surface area contributed by atoms with Gasteiger partial charge in [0.1, 0.15) is 11.4 Å². The Hall–Kier alpha value is -3.46. The second-order valence-electron chi connectivity index (χ2n) is 7.58. The molecule has 0 spiro atoms. The molecule has 0 amide bonds. The van der Waals surface area contributed by atoms with Crippen LogP contribution in [0.3, 0.4) is 0 Å². The molecule has 2 nitrogen and oxygen atoms in total. The summed E-state index contributed by atoms with van der Waals surface area (Å²) in [5, 5.41) is 5.14. The van der Waals surface area contributed by atoms with E-state index in [1.165, 1.54) is 0 Å².